The number of rotatable bonds is 1. The normalized spacial score (nSPS) is 9.64. The fourth-order valence-corrected chi connectivity index (χ4v) is 0.724. The maximum Gasteiger partial charge on any atom is 0.222 e. The minimum atomic E-state index is -1.63. The lowest BCUT2D eigenvalue weighted by Crippen LogP contribution is -2.23. The first kappa shape index (κ1) is 7.94. The zero-order chi connectivity index (χ0) is 8.43. The second-order valence-electron chi connectivity index (χ2n) is 1.78. The largest absolute Gasteiger partial charge is 0.545 e. The van der Waals surface area contributed by atoms with Gasteiger partial charge in [0.05, 0.1) is 16.6 Å². The van der Waals surface area contributed by atoms with Crippen molar-refractivity contribution in [3.05, 3.63) is 28.8 Å². The number of hydrogen-bond donors (Lipinski definition) is 0. The van der Waals surface area contributed by atoms with Crippen molar-refractivity contribution in [3.63, 3.8) is 0 Å². The van der Waals surface area contributed by atoms with E-state index in [9.17, 15) is 14.3 Å². The number of carbonyl (C=O) groups excluding carboxylic acids is 1. The van der Waals surface area contributed by atoms with Gasteiger partial charge in [-0.2, -0.15) is 4.39 Å². The average molecular weight is 175 g/mol. The first-order valence-electron chi connectivity index (χ1n) is 2.63. The molecule has 5 heteroatoms. The molecule has 0 saturated heterocycles. The molecule has 3 nitrogen and oxygen atoms in total. The molecule has 0 aliphatic heterocycles. The number of aromatic carboxylic acids is 1. The van der Waals surface area contributed by atoms with Crippen LogP contribution in [-0.4, -0.2) is 11.0 Å². The SMILES string of the molecule is O=C([O-])c1cc(Cl)cnc1F. The van der Waals surface area contributed by atoms with Gasteiger partial charge < -0.3 is 9.90 Å². The minimum absolute atomic E-state index is 0.0607. The van der Waals surface area contributed by atoms with E-state index in [0.29, 0.717) is 0 Å². The summed E-state index contributed by atoms with van der Waals surface area (Å²) in [7, 11) is 0. The van der Waals surface area contributed by atoms with E-state index >= 15 is 0 Å². The van der Waals surface area contributed by atoms with Crippen LogP contribution >= 0.6 is 11.6 Å². The second kappa shape index (κ2) is 2.84. The van der Waals surface area contributed by atoms with Crippen molar-refractivity contribution in [2.45, 2.75) is 0 Å². The standard InChI is InChI=1S/C6H3ClFNO2/c7-3-1-4(6(10)11)5(8)9-2-3/h1-2H,(H,10,11)/p-1. The predicted octanol–water partition coefficient (Wildman–Crippen LogP) is 0.238. The number of aromatic nitrogens is 1. The van der Waals surface area contributed by atoms with Crippen molar-refractivity contribution in [3.8, 4) is 0 Å². The van der Waals surface area contributed by atoms with Crippen LogP contribution in [0.2, 0.25) is 5.02 Å². The Kier molecular flexibility index (Phi) is 2.05. The molecule has 1 aromatic rings. The molecule has 1 aromatic heterocycles. The highest BCUT2D eigenvalue weighted by atomic mass is 35.5. The molecule has 58 valence electrons. The Hall–Kier alpha value is -1.16. The summed E-state index contributed by atoms with van der Waals surface area (Å²) in [5, 5.41) is 10.2. The average Bonchev–Trinajstić information content (AvgIpc) is 1.94. The zero-order valence-electron chi connectivity index (χ0n) is 5.17. The first-order valence-corrected chi connectivity index (χ1v) is 3.01. The summed E-state index contributed by atoms with van der Waals surface area (Å²) in [5.41, 5.74) is -0.627. The van der Waals surface area contributed by atoms with E-state index in [1.807, 2.05) is 0 Å². The maximum atomic E-state index is 12.4. The number of carboxylic acids is 1. The van der Waals surface area contributed by atoms with Gasteiger partial charge in [-0.15, -0.1) is 0 Å². The third-order valence-electron chi connectivity index (χ3n) is 1.03. The summed E-state index contributed by atoms with van der Waals surface area (Å²) in [6.07, 6.45) is 1.02. The van der Waals surface area contributed by atoms with E-state index in [-0.39, 0.29) is 5.02 Å². The summed E-state index contributed by atoms with van der Waals surface area (Å²) >= 11 is 5.34. The van der Waals surface area contributed by atoms with Gasteiger partial charge in [0.15, 0.2) is 0 Å². The lowest BCUT2D eigenvalue weighted by Gasteiger charge is -2.01. The quantitative estimate of drug-likeness (QED) is 0.573. The van der Waals surface area contributed by atoms with Crippen LogP contribution < -0.4 is 5.11 Å². The topological polar surface area (TPSA) is 53.0 Å². The van der Waals surface area contributed by atoms with Crippen molar-refractivity contribution < 1.29 is 14.3 Å². The fraction of sp³-hybridized carbons (Fsp3) is 0. The predicted molar refractivity (Wildman–Crippen MR) is 33.5 cm³/mol. The van der Waals surface area contributed by atoms with Gasteiger partial charge in [-0.1, -0.05) is 11.6 Å². The molecule has 0 unspecified atom stereocenters. The molecule has 0 N–H and O–H groups in total. The summed E-state index contributed by atoms with van der Waals surface area (Å²) < 4.78 is 12.4. The van der Waals surface area contributed by atoms with Crippen LogP contribution in [0.1, 0.15) is 10.4 Å². The Labute approximate surface area is 66.4 Å². The van der Waals surface area contributed by atoms with Crippen LogP contribution in [0.5, 0.6) is 0 Å². The van der Waals surface area contributed by atoms with Crippen LogP contribution in [-0.2, 0) is 0 Å². The molecule has 0 bridgehead atoms. The molecule has 11 heavy (non-hydrogen) atoms. The third-order valence-corrected chi connectivity index (χ3v) is 1.23. The van der Waals surface area contributed by atoms with Gasteiger partial charge in [0, 0.05) is 6.20 Å². The summed E-state index contributed by atoms with van der Waals surface area (Å²) in [5.74, 6) is -2.72. The molecule has 0 aliphatic carbocycles. The minimum Gasteiger partial charge on any atom is -0.545 e. The number of nitrogens with zero attached hydrogens (tertiary/aromatic N) is 1. The second-order valence-corrected chi connectivity index (χ2v) is 2.22. The van der Waals surface area contributed by atoms with Crippen LogP contribution in [0.15, 0.2) is 12.3 Å². The lowest BCUT2D eigenvalue weighted by molar-refractivity contribution is -0.255. The van der Waals surface area contributed by atoms with E-state index in [1.54, 1.807) is 0 Å². The van der Waals surface area contributed by atoms with E-state index in [1.165, 1.54) is 0 Å². The highest BCUT2D eigenvalue weighted by Crippen LogP contribution is 2.10. The summed E-state index contributed by atoms with van der Waals surface area (Å²) in [6, 6.07) is 0.944. The molecule has 0 aliphatic rings. The monoisotopic (exact) mass is 174 g/mol. The molecule has 0 fully saturated rings. The van der Waals surface area contributed by atoms with Crippen LogP contribution in [0, 0.1) is 5.95 Å². The first-order chi connectivity index (χ1) is 5.11. The summed E-state index contributed by atoms with van der Waals surface area (Å²) in [6.45, 7) is 0. The highest BCUT2D eigenvalue weighted by Gasteiger charge is 2.03. The number of hydrogen-bond acceptors (Lipinski definition) is 3. The highest BCUT2D eigenvalue weighted by molar-refractivity contribution is 6.30. The van der Waals surface area contributed by atoms with E-state index in [2.05, 4.69) is 4.98 Å². The van der Waals surface area contributed by atoms with E-state index < -0.39 is 17.5 Å². The van der Waals surface area contributed by atoms with Gasteiger partial charge in [-0.3, -0.25) is 0 Å². The molecular weight excluding hydrogens is 173 g/mol. The Balaban J connectivity index is 3.23. The van der Waals surface area contributed by atoms with E-state index in [4.69, 9.17) is 11.6 Å². The van der Waals surface area contributed by atoms with Gasteiger partial charge >= 0.3 is 0 Å². The third kappa shape index (κ3) is 1.65. The molecule has 0 aromatic carbocycles. The van der Waals surface area contributed by atoms with Crippen molar-refractivity contribution in [2.75, 3.05) is 0 Å². The van der Waals surface area contributed by atoms with Crippen molar-refractivity contribution >= 4 is 17.6 Å². The molecule has 0 spiro atoms. The Morgan fingerprint density at radius 2 is 2.36 bits per heavy atom. The van der Waals surface area contributed by atoms with Crippen LogP contribution in [0.4, 0.5) is 4.39 Å². The van der Waals surface area contributed by atoms with Crippen molar-refractivity contribution in [1.29, 1.82) is 0 Å². The summed E-state index contributed by atoms with van der Waals surface area (Å²) in [4.78, 5) is 13.2. The molecule has 1 rings (SSSR count). The lowest BCUT2D eigenvalue weighted by atomic mass is 10.3. The Morgan fingerprint density at radius 3 is 2.82 bits per heavy atom. The number of pyridine rings is 1. The smallest absolute Gasteiger partial charge is 0.222 e. The van der Waals surface area contributed by atoms with Gasteiger partial charge in [0.1, 0.15) is 0 Å². The molecular formula is C6H2ClFNO2-. The van der Waals surface area contributed by atoms with Crippen molar-refractivity contribution in [1.82, 2.24) is 4.98 Å². The molecule has 1 heterocycles. The zero-order valence-corrected chi connectivity index (χ0v) is 5.93. The molecule has 0 saturated carbocycles. The fourth-order valence-electron chi connectivity index (χ4n) is 0.566. The number of carbonyl (C=O) groups is 1. The number of halogens is 2. The molecule has 0 atom stereocenters. The van der Waals surface area contributed by atoms with Crippen molar-refractivity contribution in [2.24, 2.45) is 0 Å². The van der Waals surface area contributed by atoms with Gasteiger partial charge in [-0.25, -0.2) is 4.98 Å². The Morgan fingerprint density at radius 1 is 1.73 bits per heavy atom. The number of carboxylic acid groups (broad SMARTS) is 1. The Bertz CT molecular complexity index is 303. The molecule has 0 amide bonds. The van der Waals surface area contributed by atoms with Gasteiger partial charge in [0.25, 0.3) is 0 Å². The van der Waals surface area contributed by atoms with E-state index in [0.717, 1.165) is 12.3 Å². The molecule has 0 radical (unpaired) electrons. The van der Waals surface area contributed by atoms with Gasteiger partial charge in [-0.05, 0) is 6.07 Å². The van der Waals surface area contributed by atoms with Gasteiger partial charge in [0.2, 0.25) is 5.95 Å². The van der Waals surface area contributed by atoms with Crippen LogP contribution in [0.3, 0.4) is 0 Å². The van der Waals surface area contributed by atoms with Crippen LogP contribution in [0.25, 0.3) is 0 Å². The maximum absolute atomic E-state index is 12.4.